The molecule has 0 aromatic carbocycles. The molecule has 0 saturated heterocycles. The smallest absolute Gasteiger partial charge is 0.234 e. The Labute approximate surface area is 124 Å². The van der Waals surface area contributed by atoms with Crippen molar-refractivity contribution < 1.29 is 10.0 Å². The summed E-state index contributed by atoms with van der Waals surface area (Å²) < 4.78 is 0.205. The van der Waals surface area contributed by atoms with Crippen molar-refractivity contribution in [1.82, 2.24) is 5.32 Å². The van der Waals surface area contributed by atoms with Gasteiger partial charge in [0.2, 0.25) is 5.91 Å². The second-order valence-electron chi connectivity index (χ2n) is 6.05. The summed E-state index contributed by atoms with van der Waals surface area (Å²) in [5.74, 6) is 0.00864. The zero-order valence-electron chi connectivity index (χ0n) is 12.2. The highest BCUT2D eigenvalue weighted by Gasteiger charge is 2.45. The van der Waals surface area contributed by atoms with Crippen LogP contribution < -0.4 is 11.1 Å². The average Bonchev–Trinajstić information content (AvgIpc) is 2.46. The molecule has 1 amide bonds. The van der Waals surface area contributed by atoms with Gasteiger partial charge in [-0.05, 0) is 31.9 Å². The first-order valence-electron chi connectivity index (χ1n) is 7.40. The molecule has 2 fully saturated rings. The number of hydrogen-bond donors (Lipinski definition) is 3. The maximum absolute atomic E-state index is 12.6. The first kappa shape index (κ1) is 15.5. The highest BCUT2D eigenvalue weighted by Crippen LogP contribution is 2.43. The molecule has 2 aliphatic carbocycles. The van der Waals surface area contributed by atoms with E-state index in [-0.39, 0.29) is 16.5 Å². The second kappa shape index (κ2) is 6.24. The van der Waals surface area contributed by atoms with Crippen molar-refractivity contribution in [3.63, 3.8) is 0 Å². The van der Waals surface area contributed by atoms with E-state index in [9.17, 15) is 4.79 Å². The lowest BCUT2D eigenvalue weighted by molar-refractivity contribution is -0.129. The number of thioether (sulfide) groups is 1. The number of amides is 1. The van der Waals surface area contributed by atoms with Crippen molar-refractivity contribution in [2.75, 3.05) is 12.8 Å². The molecule has 0 heterocycles. The minimum absolute atomic E-state index is 0.0622. The molecule has 0 spiro atoms. The lowest BCUT2D eigenvalue weighted by Crippen LogP contribution is -2.54. The van der Waals surface area contributed by atoms with Crippen molar-refractivity contribution in [3.05, 3.63) is 0 Å². The van der Waals surface area contributed by atoms with E-state index in [0.717, 1.165) is 32.1 Å². The molecule has 6 heteroatoms. The number of nitrogens with one attached hydrogen (secondary N) is 1. The van der Waals surface area contributed by atoms with Crippen LogP contribution in [0.2, 0.25) is 0 Å². The first-order valence-corrected chi connectivity index (χ1v) is 8.62. The van der Waals surface area contributed by atoms with Crippen LogP contribution in [-0.2, 0) is 4.79 Å². The van der Waals surface area contributed by atoms with Crippen LogP contribution in [0.25, 0.3) is 0 Å². The summed E-state index contributed by atoms with van der Waals surface area (Å²) in [6.07, 6.45) is 10.0. The van der Waals surface area contributed by atoms with Crippen molar-refractivity contribution in [3.8, 4) is 0 Å². The Bertz CT molecular complexity index is 382. The van der Waals surface area contributed by atoms with Gasteiger partial charge in [-0.1, -0.05) is 30.8 Å². The van der Waals surface area contributed by atoms with Crippen molar-refractivity contribution in [1.29, 1.82) is 0 Å². The van der Waals surface area contributed by atoms with Gasteiger partial charge in [-0.25, -0.2) is 0 Å². The lowest BCUT2D eigenvalue weighted by Gasteiger charge is -2.42. The van der Waals surface area contributed by atoms with E-state index < -0.39 is 5.41 Å². The van der Waals surface area contributed by atoms with E-state index in [1.54, 1.807) is 0 Å². The highest BCUT2D eigenvalue weighted by atomic mass is 32.2. The topological polar surface area (TPSA) is 87.7 Å². The van der Waals surface area contributed by atoms with E-state index in [4.69, 9.17) is 10.9 Å². The maximum atomic E-state index is 12.6. The standard InChI is InChI=1S/C14H25N3O2S/c1-20-13(6-5-7-13)10-16-12(18)14(11(15)17-19)8-3-2-4-9-14/h19H,2-10H2,1H3,(H2,15,17)(H,16,18). The first-order chi connectivity index (χ1) is 9.58. The van der Waals surface area contributed by atoms with Crippen LogP contribution in [0.1, 0.15) is 51.4 Å². The third-order valence-corrected chi connectivity index (χ3v) is 6.43. The van der Waals surface area contributed by atoms with Gasteiger partial charge >= 0.3 is 0 Å². The molecule has 20 heavy (non-hydrogen) atoms. The van der Waals surface area contributed by atoms with Gasteiger partial charge in [-0.2, -0.15) is 11.8 Å². The fourth-order valence-corrected chi connectivity index (χ4v) is 4.20. The third-order valence-electron chi connectivity index (χ3n) is 5.01. The zero-order valence-corrected chi connectivity index (χ0v) is 13.0. The summed E-state index contributed by atoms with van der Waals surface area (Å²) in [6, 6.07) is 0. The predicted octanol–water partition coefficient (Wildman–Crippen LogP) is 2.09. The normalized spacial score (nSPS) is 24.8. The van der Waals surface area contributed by atoms with E-state index in [1.807, 2.05) is 11.8 Å². The monoisotopic (exact) mass is 299 g/mol. The summed E-state index contributed by atoms with van der Waals surface area (Å²) >= 11 is 1.84. The summed E-state index contributed by atoms with van der Waals surface area (Å²) in [5, 5.41) is 15.2. The van der Waals surface area contributed by atoms with E-state index in [2.05, 4.69) is 16.7 Å². The molecule has 0 aliphatic heterocycles. The Morgan fingerprint density at radius 1 is 1.25 bits per heavy atom. The highest BCUT2D eigenvalue weighted by molar-refractivity contribution is 8.00. The summed E-state index contributed by atoms with van der Waals surface area (Å²) in [4.78, 5) is 12.6. The van der Waals surface area contributed by atoms with Crippen LogP contribution >= 0.6 is 11.8 Å². The Balaban J connectivity index is 2.03. The Morgan fingerprint density at radius 2 is 1.90 bits per heavy atom. The van der Waals surface area contributed by atoms with Gasteiger partial charge in [-0.3, -0.25) is 4.79 Å². The molecule has 2 saturated carbocycles. The number of oxime groups is 1. The molecule has 0 bridgehead atoms. The van der Waals surface area contributed by atoms with E-state index in [1.165, 1.54) is 6.42 Å². The molecule has 0 radical (unpaired) electrons. The molecular formula is C14H25N3O2S. The van der Waals surface area contributed by atoms with Crippen LogP contribution in [0.3, 0.4) is 0 Å². The van der Waals surface area contributed by atoms with Crippen LogP contribution in [0.4, 0.5) is 0 Å². The van der Waals surface area contributed by atoms with Crippen molar-refractivity contribution in [2.24, 2.45) is 16.3 Å². The Kier molecular flexibility index (Phi) is 4.83. The molecule has 2 rings (SSSR count). The lowest BCUT2D eigenvalue weighted by atomic mass is 9.72. The number of carbonyl (C=O) groups excluding carboxylic acids is 1. The number of nitrogens with zero attached hydrogens (tertiary/aromatic N) is 1. The molecule has 2 aliphatic rings. The molecule has 0 aromatic heterocycles. The fraction of sp³-hybridized carbons (Fsp3) is 0.857. The zero-order chi connectivity index (χ0) is 14.6. The predicted molar refractivity (Wildman–Crippen MR) is 82.0 cm³/mol. The third kappa shape index (κ3) is 2.75. The van der Waals surface area contributed by atoms with Crippen LogP contribution in [-0.4, -0.2) is 34.5 Å². The molecule has 4 N–H and O–H groups in total. The van der Waals surface area contributed by atoms with Gasteiger partial charge in [-0.15, -0.1) is 0 Å². The van der Waals surface area contributed by atoms with Gasteiger partial charge in [0.15, 0.2) is 5.84 Å². The van der Waals surface area contributed by atoms with Gasteiger partial charge in [0, 0.05) is 11.3 Å². The number of nitrogens with two attached hydrogens (primary N) is 1. The molecule has 0 atom stereocenters. The molecule has 5 nitrogen and oxygen atoms in total. The van der Waals surface area contributed by atoms with Gasteiger partial charge in [0.05, 0.1) is 0 Å². The Hall–Kier alpha value is -0.910. The fourth-order valence-electron chi connectivity index (χ4n) is 3.29. The van der Waals surface area contributed by atoms with Gasteiger partial charge in [0.25, 0.3) is 0 Å². The minimum Gasteiger partial charge on any atom is -0.409 e. The van der Waals surface area contributed by atoms with Gasteiger partial charge in [0.1, 0.15) is 5.41 Å². The SMILES string of the molecule is CSC1(CNC(=O)C2(C(N)=NO)CCCCC2)CCC1. The minimum atomic E-state index is -0.795. The van der Waals surface area contributed by atoms with Gasteiger partial charge < -0.3 is 16.3 Å². The number of hydrogen-bond acceptors (Lipinski definition) is 4. The van der Waals surface area contributed by atoms with Crippen LogP contribution in [0.5, 0.6) is 0 Å². The summed E-state index contributed by atoms with van der Waals surface area (Å²) in [7, 11) is 0. The largest absolute Gasteiger partial charge is 0.409 e. The number of carbonyl (C=O) groups is 1. The quantitative estimate of drug-likeness (QED) is 0.314. The molecule has 0 unspecified atom stereocenters. The van der Waals surface area contributed by atoms with Crippen molar-refractivity contribution in [2.45, 2.75) is 56.1 Å². The summed E-state index contributed by atoms with van der Waals surface area (Å²) in [6.45, 7) is 0.688. The van der Waals surface area contributed by atoms with Crippen molar-refractivity contribution >= 4 is 23.5 Å². The summed E-state index contributed by atoms with van der Waals surface area (Å²) in [5.41, 5.74) is 5.04. The second-order valence-corrected chi connectivity index (χ2v) is 7.33. The molecular weight excluding hydrogens is 274 g/mol. The van der Waals surface area contributed by atoms with E-state index in [0.29, 0.717) is 19.4 Å². The van der Waals surface area contributed by atoms with Crippen LogP contribution in [0.15, 0.2) is 5.16 Å². The number of rotatable bonds is 5. The Morgan fingerprint density at radius 3 is 2.35 bits per heavy atom. The maximum Gasteiger partial charge on any atom is 0.234 e. The number of amidine groups is 1. The van der Waals surface area contributed by atoms with Crippen LogP contribution in [0, 0.1) is 5.41 Å². The molecule has 114 valence electrons. The molecule has 0 aromatic rings. The van der Waals surface area contributed by atoms with E-state index >= 15 is 0 Å². The average molecular weight is 299 g/mol.